The van der Waals surface area contributed by atoms with E-state index in [0.717, 1.165) is 6.07 Å². The Kier molecular flexibility index (Phi) is 6.00. The molecule has 1 aromatic rings. The maximum absolute atomic E-state index is 12.7. The van der Waals surface area contributed by atoms with E-state index in [2.05, 4.69) is 5.32 Å². The van der Waals surface area contributed by atoms with Gasteiger partial charge in [0, 0.05) is 12.6 Å². The zero-order chi connectivity index (χ0) is 19.6. The summed E-state index contributed by atoms with van der Waals surface area (Å²) in [6.07, 6.45) is -3.29. The zero-order valence-electron chi connectivity index (χ0n) is 14.0. The highest BCUT2D eigenvalue weighted by Gasteiger charge is 2.41. The third-order valence-electron chi connectivity index (χ3n) is 4.82. The number of hydrogen-bond acceptors (Lipinski definition) is 4. The third kappa shape index (κ3) is 4.38. The minimum atomic E-state index is -4.17. The van der Waals surface area contributed by atoms with E-state index in [9.17, 15) is 28.1 Å². The lowest BCUT2D eigenvalue weighted by molar-refractivity contribution is -0.384. The van der Waals surface area contributed by atoms with E-state index in [1.165, 1.54) is 6.92 Å². The molecule has 0 aromatic heterocycles. The van der Waals surface area contributed by atoms with Gasteiger partial charge < -0.3 is 11.1 Å². The topological polar surface area (TPSA) is 98.3 Å². The first-order chi connectivity index (χ1) is 12.0. The fourth-order valence-corrected chi connectivity index (χ4v) is 3.51. The normalized spacial score (nSPS) is 20.7. The van der Waals surface area contributed by atoms with Crippen LogP contribution in [0.2, 0.25) is 5.02 Å². The first-order valence-electron chi connectivity index (χ1n) is 8.10. The molecule has 0 bridgehead atoms. The molecule has 0 radical (unpaired) electrons. The number of alkyl halides is 3. The summed E-state index contributed by atoms with van der Waals surface area (Å²) in [7, 11) is 0. The van der Waals surface area contributed by atoms with Crippen LogP contribution >= 0.6 is 11.6 Å². The molecule has 144 valence electrons. The minimum Gasteiger partial charge on any atom is -0.379 e. The van der Waals surface area contributed by atoms with Crippen molar-refractivity contribution in [2.75, 3.05) is 11.9 Å². The molecule has 1 amide bonds. The molecule has 0 aliphatic heterocycles. The number of nitrogens with zero attached hydrogens (tertiary/aromatic N) is 1. The molecule has 1 fully saturated rings. The number of primary amides is 1. The van der Waals surface area contributed by atoms with Crippen molar-refractivity contribution in [2.24, 2.45) is 17.6 Å². The summed E-state index contributed by atoms with van der Waals surface area (Å²) in [5.41, 5.74) is 5.15. The molecule has 6 nitrogen and oxygen atoms in total. The van der Waals surface area contributed by atoms with Crippen LogP contribution in [0.15, 0.2) is 6.07 Å². The van der Waals surface area contributed by atoms with E-state index in [0.29, 0.717) is 24.9 Å². The Balaban J connectivity index is 2.14. The number of carbonyl (C=O) groups excluding carboxylic acids is 1. The van der Waals surface area contributed by atoms with Crippen LogP contribution in [0.25, 0.3) is 0 Å². The van der Waals surface area contributed by atoms with Crippen molar-refractivity contribution in [3.63, 3.8) is 0 Å². The van der Waals surface area contributed by atoms with Gasteiger partial charge in [-0.25, -0.2) is 0 Å². The van der Waals surface area contributed by atoms with Gasteiger partial charge in [-0.05, 0) is 44.1 Å². The predicted octanol–water partition coefficient (Wildman–Crippen LogP) is 4.44. The van der Waals surface area contributed by atoms with Gasteiger partial charge in [0.05, 0.1) is 21.4 Å². The average Bonchev–Trinajstić information content (AvgIpc) is 2.55. The van der Waals surface area contributed by atoms with E-state index >= 15 is 0 Å². The predicted molar refractivity (Wildman–Crippen MR) is 91.4 cm³/mol. The van der Waals surface area contributed by atoms with Crippen molar-refractivity contribution >= 4 is 28.9 Å². The fourth-order valence-electron chi connectivity index (χ4n) is 3.26. The molecule has 0 unspecified atom stereocenters. The highest BCUT2D eigenvalue weighted by molar-refractivity contribution is 6.35. The van der Waals surface area contributed by atoms with Crippen molar-refractivity contribution in [3.8, 4) is 0 Å². The lowest BCUT2D eigenvalue weighted by Crippen LogP contribution is -2.30. The maximum Gasteiger partial charge on any atom is 0.391 e. The van der Waals surface area contributed by atoms with Crippen LogP contribution in [0.3, 0.4) is 0 Å². The standard InChI is InChI=1S/C16H19ClF3N3O3/c1-8-13(17)11(15(21)24)6-12(23(25)26)14(8)22-7-9-2-4-10(5-3-9)16(18,19)20/h6,9-10,22H,2-5,7H2,1H3,(H2,21,24)/t9-,10-. The van der Waals surface area contributed by atoms with Crippen LogP contribution in [0, 0.1) is 28.9 Å². The molecule has 26 heavy (non-hydrogen) atoms. The number of carbonyl (C=O) groups is 1. The lowest BCUT2D eigenvalue weighted by Gasteiger charge is -2.30. The molecular formula is C16H19ClF3N3O3. The van der Waals surface area contributed by atoms with Gasteiger partial charge in [-0.1, -0.05) is 11.6 Å². The Morgan fingerprint density at radius 3 is 2.42 bits per heavy atom. The summed E-state index contributed by atoms with van der Waals surface area (Å²) >= 11 is 6.07. The molecule has 0 heterocycles. The number of hydrogen-bond donors (Lipinski definition) is 2. The second-order valence-corrected chi connectivity index (χ2v) is 6.90. The SMILES string of the molecule is Cc1c(Cl)c(C(N)=O)cc([N+](=O)[O-])c1NC[C@H]1CC[C@H](C(F)(F)F)CC1. The number of nitro benzene ring substituents is 1. The summed E-state index contributed by atoms with van der Waals surface area (Å²) in [5.74, 6) is -2.18. The smallest absolute Gasteiger partial charge is 0.379 e. The number of nitrogens with two attached hydrogens (primary N) is 1. The number of benzene rings is 1. The van der Waals surface area contributed by atoms with Gasteiger partial charge in [0.25, 0.3) is 5.69 Å². The third-order valence-corrected chi connectivity index (χ3v) is 5.30. The lowest BCUT2D eigenvalue weighted by atomic mass is 9.81. The van der Waals surface area contributed by atoms with E-state index in [4.69, 9.17) is 17.3 Å². The van der Waals surface area contributed by atoms with Crippen LogP contribution in [-0.4, -0.2) is 23.6 Å². The van der Waals surface area contributed by atoms with Crippen LogP contribution in [0.5, 0.6) is 0 Å². The number of rotatable bonds is 5. The van der Waals surface area contributed by atoms with Crippen LogP contribution in [0.1, 0.15) is 41.6 Å². The summed E-state index contributed by atoms with van der Waals surface area (Å²) in [6, 6.07) is 1.01. The summed E-state index contributed by atoms with van der Waals surface area (Å²) in [6.45, 7) is 1.81. The van der Waals surface area contributed by atoms with Gasteiger partial charge in [0.15, 0.2) is 0 Å². The molecule has 2 rings (SSSR count). The van der Waals surface area contributed by atoms with Crippen molar-refractivity contribution in [1.29, 1.82) is 0 Å². The Morgan fingerprint density at radius 2 is 1.96 bits per heavy atom. The molecule has 1 aliphatic rings. The summed E-state index contributed by atoms with van der Waals surface area (Å²) in [5, 5.41) is 14.3. The number of nitro groups is 1. The number of anilines is 1. The van der Waals surface area contributed by atoms with E-state index in [-0.39, 0.29) is 40.7 Å². The van der Waals surface area contributed by atoms with Crippen LogP contribution < -0.4 is 11.1 Å². The fraction of sp³-hybridized carbons (Fsp3) is 0.562. The summed E-state index contributed by atoms with van der Waals surface area (Å²) in [4.78, 5) is 22.0. The maximum atomic E-state index is 12.7. The molecule has 0 spiro atoms. The average molecular weight is 394 g/mol. The second kappa shape index (κ2) is 7.69. The summed E-state index contributed by atoms with van der Waals surface area (Å²) < 4.78 is 38.2. The van der Waals surface area contributed by atoms with Crippen molar-refractivity contribution < 1.29 is 22.9 Å². The zero-order valence-corrected chi connectivity index (χ0v) is 14.8. The van der Waals surface area contributed by atoms with Gasteiger partial charge in [0.2, 0.25) is 5.91 Å². The molecule has 0 saturated heterocycles. The Hall–Kier alpha value is -2.03. The van der Waals surface area contributed by atoms with Crippen molar-refractivity contribution in [3.05, 3.63) is 32.3 Å². The molecule has 1 aliphatic carbocycles. The molecule has 0 atom stereocenters. The number of nitrogens with one attached hydrogen (secondary N) is 1. The molecule has 10 heteroatoms. The molecule has 3 N–H and O–H groups in total. The van der Waals surface area contributed by atoms with Crippen LogP contribution in [0.4, 0.5) is 24.5 Å². The number of amides is 1. The highest BCUT2D eigenvalue weighted by atomic mass is 35.5. The monoisotopic (exact) mass is 393 g/mol. The molecular weight excluding hydrogens is 375 g/mol. The van der Waals surface area contributed by atoms with Gasteiger partial charge in [-0.2, -0.15) is 13.2 Å². The van der Waals surface area contributed by atoms with Crippen molar-refractivity contribution in [1.82, 2.24) is 0 Å². The van der Waals surface area contributed by atoms with E-state index in [1.54, 1.807) is 0 Å². The Labute approximate surface area is 153 Å². The van der Waals surface area contributed by atoms with E-state index < -0.39 is 22.9 Å². The van der Waals surface area contributed by atoms with Gasteiger partial charge >= 0.3 is 6.18 Å². The minimum absolute atomic E-state index is 0.0198. The second-order valence-electron chi connectivity index (χ2n) is 6.52. The Morgan fingerprint density at radius 1 is 1.38 bits per heavy atom. The van der Waals surface area contributed by atoms with Crippen molar-refractivity contribution in [2.45, 2.75) is 38.8 Å². The molecule has 1 saturated carbocycles. The van der Waals surface area contributed by atoms with Gasteiger partial charge in [-0.15, -0.1) is 0 Å². The van der Waals surface area contributed by atoms with Gasteiger partial charge in [-0.3, -0.25) is 14.9 Å². The Bertz CT molecular complexity index is 717. The number of halogens is 4. The molecule has 1 aromatic carbocycles. The largest absolute Gasteiger partial charge is 0.391 e. The quantitative estimate of drug-likeness (QED) is 0.570. The highest BCUT2D eigenvalue weighted by Crippen LogP contribution is 2.40. The van der Waals surface area contributed by atoms with E-state index in [1.807, 2.05) is 0 Å². The first-order valence-corrected chi connectivity index (χ1v) is 8.48. The first kappa shape index (κ1) is 20.3. The van der Waals surface area contributed by atoms with Gasteiger partial charge in [0.1, 0.15) is 5.69 Å². The van der Waals surface area contributed by atoms with Crippen LogP contribution in [-0.2, 0) is 0 Å².